The van der Waals surface area contributed by atoms with Gasteiger partial charge in [0.1, 0.15) is 0 Å². The number of nitrogens with two attached hydrogens (primary N) is 2. The van der Waals surface area contributed by atoms with Crippen LogP contribution in [0.5, 0.6) is 0 Å². The molecule has 72 heavy (non-hydrogen) atoms. The Balaban J connectivity index is 0.000000211. The number of pyridine rings is 2. The van der Waals surface area contributed by atoms with E-state index in [1.807, 2.05) is 64.4 Å². The number of nitrogen functional groups attached to an aromatic ring is 2. The molecular formula is C56H62F6N8O2. The first-order chi connectivity index (χ1) is 34.4. The van der Waals surface area contributed by atoms with Crippen LogP contribution >= 0.6 is 0 Å². The smallest absolute Gasteiger partial charge is 0.397 e. The predicted octanol–water partition coefficient (Wildman–Crippen LogP) is 11.4. The van der Waals surface area contributed by atoms with Crippen molar-refractivity contribution in [2.24, 2.45) is 0 Å². The Labute approximate surface area is 417 Å². The fourth-order valence-corrected chi connectivity index (χ4v) is 9.20. The number of aryl methyl sites for hydroxylation is 2. The average molecular weight is 993 g/mol. The molecule has 0 saturated carbocycles. The summed E-state index contributed by atoms with van der Waals surface area (Å²) in [4.78, 5) is 41.0. The maximum atomic E-state index is 13.0. The minimum absolute atomic E-state index is 0.0142. The van der Waals surface area contributed by atoms with E-state index in [1.165, 1.54) is 24.3 Å². The Hall–Kier alpha value is -6.78. The van der Waals surface area contributed by atoms with Crippen molar-refractivity contribution in [3.8, 4) is 22.3 Å². The molecule has 0 aliphatic carbocycles. The number of halogens is 6. The maximum absolute atomic E-state index is 13.0. The molecule has 2 aliphatic heterocycles. The zero-order valence-electron chi connectivity index (χ0n) is 40.8. The van der Waals surface area contributed by atoms with Gasteiger partial charge in [0.2, 0.25) is 0 Å². The third-order valence-corrected chi connectivity index (χ3v) is 13.4. The molecule has 0 bridgehead atoms. The molecule has 2 saturated heterocycles. The Morgan fingerprint density at radius 3 is 1.36 bits per heavy atom. The highest BCUT2D eigenvalue weighted by molar-refractivity contribution is 5.96. The van der Waals surface area contributed by atoms with Crippen molar-refractivity contribution in [3.63, 3.8) is 0 Å². The summed E-state index contributed by atoms with van der Waals surface area (Å²) in [6, 6.07) is 29.8. The number of piperazine rings is 2. The van der Waals surface area contributed by atoms with Gasteiger partial charge in [0, 0.05) is 98.4 Å². The molecule has 4 aromatic carbocycles. The van der Waals surface area contributed by atoms with Gasteiger partial charge in [-0.05, 0) is 131 Å². The van der Waals surface area contributed by atoms with Crippen LogP contribution in [0.15, 0.2) is 122 Å². The monoisotopic (exact) mass is 992 g/mol. The Morgan fingerprint density at radius 1 is 0.500 bits per heavy atom. The molecule has 0 unspecified atom stereocenters. The summed E-state index contributed by atoms with van der Waals surface area (Å²) in [6.45, 7) is 11.1. The summed E-state index contributed by atoms with van der Waals surface area (Å²) in [5.74, 6) is 0.0439. The van der Waals surface area contributed by atoms with Gasteiger partial charge >= 0.3 is 12.4 Å². The van der Waals surface area contributed by atoms with Crippen LogP contribution < -0.4 is 21.3 Å². The van der Waals surface area contributed by atoms with Gasteiger partial charge in [0.05, 0.1) is 33.9 Å². The summed E-state index contributed by atoms with van der Waals surface area (Å²) in [5, 5.41) is 0. The fourth-order valence-electron chi connectivity index (χ4n) is 9.20. The van der Waals surface area contributed by atoms with E-state index < -0.39 is 23.5 Å². The van der Waals surface area contributed by atoms with E-state index in [2.05, 4.69) is 19.8 Å². The van der Waals surface area contributed by atoms with E-state index in [0.717, 1.165) is 124 Å². The number of hydrogen-bond acceptors (Lipinski definition) is 10. The lowest BCUT2D eigenvalue weighted by atomic mass is 9.99. The van der Waals surface area contributed by atoms with Crippen LogP contribution in [0.4, 0.5) is 49.1 Å². The molecule has 380 valence electrons. The molecule has 0 amide bonds. The van der Waals surface area contributed by atoms with E-state index in [9.17, 15) is 35.9 Å². The number of ketones is 2. The molecule has 4 N–H and O–H groups in total. The van der Waals surface area contributed by atoms with Crippen molar-refractivity contribution in [1.29, 1.82) is 0 Å². The lowest BCUT2D eigenvalue weighted by Crippen LogP contribution is -2.46. The van der Waals surface area contributed by atoms with Gasteiger partial charge < -0.3 is 21.3 Å². The molecule has 4 heterocycles. The number of anilines is 4. The van der Waals surface area contributed by atoms with Crippen molar-refractivity contribution < 1.29 is 35.9 Å². The molecule has 2 fully saturated rings. The molecule has 16 heteroatoms. The standard InChI is InChI=1S/2C28H31F3N4O/c1-20(36)21-6-4-7-22(18-21)25-11-12-33-26(27(25)32)10-2-3-13-34-14-16-35(17-15-34)24-9-5-8-23(19-24)28(29,30)31;1-20(36)21-8-10-22(11-9-21)25-12-13-33-26(27(25)32)7-2-3-14-34-15-17-35(18-16-34)24-6-4-5-23(19-24)28(29,30)31/h4-9,11-12,18-19H,2-3,10,13-17,32H2,1H3;4-6,8-13,19H,2-3,7,14-18,32H2,1H3. The average Bonchev–Trinajstić information content (AvgIpc) is 3.37. The zero-order valence-corrected chi connectivity index (χ0v) is 40.8. The SMILES string of the molecule is CC(=O)c1ccc(-c2ccnc(CCCCN3CCN(c4cccc(C(F)(F)F)c4)CC3)c2N)cc1.CC(=O)c1cccc(-c2ccnc(CCCCN3CCN(c4cccc(C(F)(F)F)c4)CC3)c2N)c1. The second kappa shape index (κ2) is 24.1. The first kappa shape index (κ1) is 53.0. The lowest BCUT2D eigenvalue weighted by Gasteiger charge is -2.36. The third-order valence-electron chi connectivity index (χ3n) is 13.4. The number of Topliss-reactive ketones (excluding diaryl/α,β-unsaturated/α-hetero) is 2. The van der Waals surface area contributed by atoms with Crippen molar-refractivity contribution in [2.75, 3.05) is 86.7 Å². The van der Waals surface area contributed by atoms with Crippen LogP contribution in [0, 0.1) is 0 Å². The van der Waals surface area contributed by atoms with E-state index in [1.54, 1.807) is 44.4 Å². The number of aromatic nitrogens is 2. The van der Waals surface area contributed by atoms with Crippen LogP contribution in [0.2, 0.25) is 0 Å². The van der Waals surface area contributed by atoms with Crippen molar-refractivity contribution in [1.82, 2.24) is 19.8 Å². The minimum Gasteiger partial charge on any atom is -0.397 e. The molecule has 2 aromatic heterocycles. The van der Waals surface area contributed by atoms with Crippen molar-refractivity contribution in [2.45, 2.75) is 64.7 Å². The second-order valence-corrected chi connectivity index (χ2v) is 18.4. The number of hydrogen-bond donors (Lipinski definition) is 2. The quantitative estimate of drug-likeness (QED) is 0.0550. The lowest BCUT2D eigenvalue weighted by molar-refractivity contribution is -0.138. The maximum Gasteiger partial charge on any atom is 0.416 e. The van der Waals surface area contributed by atoms with Crippen LogP contribution in [0.1, 0.15) is 82.8 Å². The number of nitrogens with zero attached hydrogens (tertiary/aromatic N) is 6. The first-order valence-electron chi connectivity index (χ1n) is 24.4. The summed E-state index contributed by atoms with van der Waals surface area (Å²) >= 11 is 0. The minimum atomic E-state index is -4.33. The number of benzene rings is 4. The van der Waals surface area contributed by atoms with Crippen LogP contribution in [-0.2, 0) is 25.2 Å². The van der Waals surface area contributed by atoms with Gasteiger partial charge in [-0.1, -0.05) is 54.6 Å². The largest absolute Gasteiger partial charge is 0.416 e. The van der Waals surface area contributed by atoms with Crippen molar-refractivity contribution in [3.05, 3.63) is 155 Å². The number of alkyl halides is 6. The highest BCUT2D eigenvalue weighted by Gasteiger charge is 2.32. The van der Waals surface area contributed by atoms with Crippen LogP contribution in [-0.4, -0.2) is 96.8 Å². The Bertz CT molecular complexity index is 2770. The molecule has 0 atom stereocenters. The number of unbranched alkanes of at least 4 members (excludes halogenated alkanes) is 2. The van der Waals surface area contributed by atoms with Crippen molar-refractivity contribution >= 4 is 34.3 Å². The summed E-state index contributed by atoms with van der Waals surface area (Å²) in [6.07, 6.45) is 0.258. The highest BCUT2D eigenvalue weighted by atomic mass is 19.4. The van der Waals surface area contributed by atoms with Crippen LogP contribution in [0.3, 0.4) is 0 Å². The topological polar surface area (TPSA) is 125 Å². The molecule has 8 rings (SSSR count). The van der Waals surface area contributed by atoms with E-state index in [-0.39, 0.29) is 11.6 Å². The Morgan fingerprint density at radius 2 is 0.931 bits per heavy atom. The van der Waals surface area contributed by atoms with E-state index in [4.69, 9.17) is 11.5 Å². The summed E-state index contributed by atoms with van der Waals surface area (Å²) in [7, 11) is 0. The molecule has 2 aliphatic rings. The first-order valence-corrected chi connectivity index (χ1v) is 24.4. The van der Waals surface area contributed by atoms with Gasteiger partial charge in [-0.3, -0.25) is 29.4 Å². The van der Waals surface area contributed by atoms with Gasteiger partial charge in [-0.25, -0.2) is 0 Å². The second-order valence-electron chi connectivity index (χ2n) is 18.4. The molecule has 0 radical (unpaired) electrons. The van der Waals surface area contributed by atoms with Gasteiger partial charge in [-0.2, -0.15) is 26.3 Å². The summed E-state index contributed by atoms with van der Waals surface area (Å²) < 4.78 is 78.1. The number of carbonyl (C=O) groups is 2. The van der Waals surface area contributed by atoms with Gasteiger partial charge in [0.25, 0.3) is 0 Å². The molecule has 6 aromatic rings. The van der Waals surface area contributed by atoms with E-state index >= 15 is 0 Å². The van der Waals surface area contributed by atoms with Gasteiger partial charge in [-0.15, -0.1) is 0 Å². The highest BCUT2D eigenvalue weighted by Crippen LogP contribution is 2.34. The molecule has 10 nitrogen and oxygen atoms in total. The normalized spacial score (nSPS) is 14.7. The zero-order chi connectivity index (χ0) is 51.4. The van der Waals surface area contributed by atoms with Crippen LogP contribution in [0.25, 0.3) is 22.3 Å². The van der Waals surface area contributed by atoms with Gasteiger partial charge in [0.15, 0.2) is 11.6 Å². The number of rotatable bonds is 16. The van der Waals surface area contributed by atoms with E-state index in [0.29, 0.717) is 60.1 Å². The number of carbonyl (C=O) groups excluding carboxylic acids is 2. The Kier molecular flexibility index (Phi) is 17.7. The molecule has 0 spiro atoms. The third kappa shape index (κ3) is 14.2. The fraction of sp³-hybridized carbons (Fsp3) is 0.357. The summed E-state index contributed by atoms with van der Waals surface area (Å²) in [5.41, 5.74) is 20.9. The predicted molar refractivity (Wildman–Crippen MR) is 274 cm³/mol. The molecular weight excluding hydrogens is 931 g/mol.